The summed E-state index contributed by atoms with van der Waals surface area (Å²) < 4.78 is 43.6. The Bertz CT molecular complexity index is 919. The molecule has 0 saturated carbocycles. The molecule has 0 aliphatic carbocycles. The number of benzene rings is 1. The van der Waals surface area contributed by atoms with Crippen LogP contribution in [0.2, 0.25) is 0 Å². The van der Waals surface area contributed by atoms with E-state index in [0.29, 0.717) is 25.7 Å². The molecule has 0 radical (unpaired) electrons. The van der Waals surface area contributed by atoms with Crippen LogP contribution >= 0.6 is 7.26 Å². The average Bonchev–Trinajstić information content (AvgIpc) is 3.00. The van der Waals surface area contributed by atoms with E-state index in [0.717, 1.165) is 18.2 Å². The average molecular weight is 649 g/mol. The van der Waals surface area contributed by atoms with Gasteiger partial charge in [0.25, 0.3) is 0 Å². The van der Waals surface area contributed by atoms with Gasteiger partial charge >= 0.3 is 11.9 Å². The molecule has 0 bridgehead atoms. The number of carbonyl (C=O) groups is 2. The van der Waals surface area contributed by atoms with Gasteiger partial charge in [-0.25, -0.2) is 18.0 Å². The normalized spacial score (nSPS) is 11.5. The molecule has 0 saturated heterocycles. The van der Waals surface area contributed by atoms with Gasteiger partial charge in [-0.05, 0) is 69.6 Å². The lowest BCUT2D eigenvalue weighted by atomic mass is 10.1. The van der Waals surface area contributed by atoms with Crippen LogP contribution in [0, 0.1) is 0 Å². The molecular formula is C32H57O9PS. The number of aliphatic hydroxyl groups excluding tert-OH is 2. The van der Waals surface area contributed by atoms with Crippen molar-refractivity contribution >= 4 is 29.3 Å². The third-order valence-corrected chi connectivity index (χ3v) is 13.1. The molecular weight excluding hydrogens is 591 g/mol. The monoisotopic (exact) mass is 648 g/mol. The minimum absolute atomic E-state index is 0.00527. The molecule has 0 spiro atoms. The van der Waals surface area contributed by atoms with Gasteiger partial charge in [0, 0.05) is 20.5 Å². The summed E-state index contributed by atoms with van der Waals surface area (Å²) in [6.07, 6.45) is 19.6. The van der Waals surface area contributed by atoms with E-state index in [2.05, 4.69) is 27.7 Å². The van der Waals surface area contributed by atoms with Gasteiger partial charge in [0.2, 0.25) is 0 Å². The Morgan fingerprint density at radius 3 is 1.28 bits per heavy atom. The molecule has 0 aliphatic rings. The molecule has 2 N–H and O–H groups in total. The van der Waals surface area contributed by atoms with E-state index in [1.54, 1.807) is 24.6 Å². The highest BCUT2D eigenvalue weighted by molar-refractivity contribution is 7.85. The Kier molecular flexibility index (Phi) is 23.8. The molecule has 0 heterocycles. The number of ether oxygens (including phenoxy) is 2. The Labute approximate surface area is 261 Å². The first kappa shape index (κ1) is 41.4. The van der Waals surface area contributed by atoms with E-state index < -0.39 is 34.2 Å². The highest BCUT2D eigenvalue weighted by Crippen LogP contribution is 2.61. The van der Waals surface area contributed by atoms with E-state index in [1.807, 2.05) is 0 Å². The molecule has 0 unspecified atom stereocenters. The second-order valence-corrected chi connectivity index (χ2v) is 16.8. The van der Waals surface area contributed by atoms with Crippen LogP contribution in [-0.2, 0) is 19.6 Å². The molecule has 1 aromatic carbocycles. The maximum atomic E-state index is 12.0. The van der Waals surface area contributed by atoms with Crippen molar-refractivity contribution in [3.63, 3.8) is 0 Å². The molecule has 0 aliphatic heterocycles. The molecule has 0 atom stereocenters. The summed E-state index contributed by atoms with van der Waals surface area (Å²) in [6.45, 7) is 9.29. The summed E-state index contributed by atoms with van der Waals surface area (Å²) in [5.74, 6) is -1.80. The van der Waals surface area contributed by atoms with E-state index in [1.165, 1.54) is 51.4 Å². The van der Waals surface area contributed by atoms with Gasteiger partial charge in [-0.2, -0.15) is 0 Å². The van der Waals surface area contributed by atoms with Crippen LogP contribution < -0.4 is 0 Å². The van der Waals surface area contributed by atoms with Crippen LogP contribution in [0.25, 0.3) is 0 Å². The summed E-state index contributed by atoms with van der Waals surface area (Å²) in [5.41, 5.74) is -0.540. The second kappa shape index (κ2) is 24.7. The Morgan fingerprint density at radius 2 is 1.00 bits per heavy atom. The van der Waals surface area contributed by atoms with Gasteiger partial charge in [-0.15, -0.1) is 0 Å². The number of rotatable bonds is 23. The Morgan fingerprint density at radius 1 is 0.651 bits per heavy atom. The topological polar surface area (TPSA) is 150 Å². The van der Waals surface area contributed by atoms with Gasteiger partial charge < -0.3 is 24.2 Å². The van der Waals surface area contributed by atoms with E-state index in [-0.39, 0.29) is 37.6 Å². The predicted octanol–water partition coefficient (Wildman–Crippen LogP) is 6.65. The number of hydrogen-bond donors (Lipinski definition) is 2. The fraction of sp³-hybridized carbons (Fsp3) is 0.750. The van der Waals surface area contributed by atoms with Crippen molar-refractivity contribution in [2.75, 3.05) is 51.1 Å². The van der Waals surface area contributed by atoms with Crippen LogP contribution in [0.3, 0.4) is 0 Å². The number of unbranched alkanes of at least 4 members (excludes halogenated alkanes) is 6. The third kappa shape index (κ3) is 18.7. The number of esters is 2. The molecule has 1 rings (SSSR count). The van der Waals surface area contributed by atoms with Crippen LogP contribution in [0.4, 0.5) is 0 Å². The SMILES string of the molecule is CCCC[P+](CCCC)(CCCC)CCCC.O=C(OCCCCO)c1cc(C(=O)OCCCCO)cc(S(=O)(=O)[O-])c1. The highest BCUT2D eigenvalue weighted by atomic mass is 32.2. The lowest BCUT2D eigenvalue weighted by Gasteiger charge is -2.28. The highest BCUT2D eigenvalue weighted by Gasteiger charge is 2.34. The minimum Gasteiger partial charge on any atom is -0.744 e. The molecule has 0 aromatic heterocycles. The quantitative estimate of drug-likeness (QED) is 0.0575. The molecule has 250 valence electrons. The van der Waals surface area contributed by atoms with Gasteiger partial charge in [0.1, 0.15) is 10.1 Å². The van der Waals surface area contributed by atoms with Crippen molar-refractivity contribution in [3.8, 4) is 0 Å². The van der Waals surface area contributed by atoms with Crippen LogP contribution in [0.1, 0.15) is 125 Å². The summed E-state index contributed by atoms with van der Waals surface area (Å²) in [5, 5.41) is 17.3. The predicted molar refractivity (Wildman–Crippen MR) is 174 cm³/mol. The van der Waals surface area contributed by atoms with Crippen LogP contribution in [-0.4, -0.2) is 86.2 Å². The number of carbonyl (C=O) groups excluding carboxylic acids is 2. The molecule has 0 fully saturated rings. The fourth-order valence-corrected chi connectivity index (χ4v) is 10.4. The lowest BCUT2D eigenvalue weighted by Crippen LogP contribution is -2.13. The number of aliphatic hydroxyl groups is 2. The largest absolute Gasteiger partial charge is 0.744 e. The minimum atomic E-state index is -4.90. The zero-order chi connectivity index (χ0) is 32.6. The Hall–Kier alpha value is -1.58. The van der Waals surface area contributed by atoms with Gasteiger partial charge in [-0.1, -0.05) is 53.4 Å². The Balaban J connectivity index is 0.000000901. The van der Waals surface area contributed by atoms with Gasteiger partial charge in [0.05, 0.1) is 53.9 Å². The molecule has 9 nitrogen and oxygen atoms in total. The molecule has 1 aromatic rings. The molecule has 0 amide bonds. The van der Waals surface area contributed by atoms with E-state index >= 15 is 0 Å². The third-order valence-electron chi connectivity index (χ3n) is 7.18. The second-order valence-electron chi connectivity index (χ2n) is 11.0. The lowest BCUT2D eigenvalue weighted by molar-refractivity contribution is 0.0490. The van der Waals surface area contributed by atoms with Crippen molar-refractivity contribution in [1.29, 1.82) is 0 Å². The van der Waals surface area contributed by atoms with Crippen LogP contribution in [0.5, 0.6) is 0 Å². The smallest absolute Gasteiger partial charge is 0.338 e. The first-order valence-electron chi connectivity index (χ1n) is 16.1. The standard InChI is InChI=1S/C16H22O9S.C16H36P/c17-5-1-3-7-24-15(19)12-9-13(11-14(10-12)26(21,22)23)16(20)25-8-4-2-6-18;1-5-9-13-17(14-10-6-2,15-11-7-3)16-12-8-4/h9-11,17-18H,1-8H2,(H,21,22,23);5-16H2,1-4H3/q;+1/p-1. The van der Waals surface area contributed by atoms with Crippen molar-refractivity contribution < 1.29 is 42.2 Å². The van der Waals surface area contributed by atoms with Crippen molar-refractivity contribution in [1.82, 2.24) is 0 Å². The summed E-state index contributed by atoms with van der Waals surface area (Å²) >= 11 is 0. The summed E-state index contributed by atoms with van der Waals surface area (Å²) in [4.78, 5) is 23.3. The van der Waals surface area contributed by atoms with Crippen LogP contribution in [0.15, 0.2) is 23.1 Å². The zero-order valence-electron chi connectivity index (χ0n) is 27.0. The summed E-state index contributed by atoms with van der Waals surface area (Å²) in [6, 6.07) is 2.75. The zero-order valence-corrected chi connectivity index (χ0v) is 28.7. The fourth-order valence-electron chi connectivity index (χ4n) is 4.55. The molecule has 11 heteroatoms. The first-order chi connectivity index (χ1) is 20.5. The van der Waals surface area contributed by atoms with E-state index in [4.69, 9.17) is 19.7 Å². The van der Waals surface area contributed by atoms with Crippen molar-refractivity contribution in [2.45, 2.75) is 110 Å². The summed E-state index contributed by atoms with van der Waals surface area (Å²) in [7, 11) is -5.47. The van der Waals surface area contributed by atoms with Gasteiger partial charge in [-0.3, -0.25) is 0 Å². The number of hydrogen-bond acceptors (Lipinski definition) is 9. The molecule has 43 heavy (non-hydrogen) atoms. The van der Waals surface area contributed by atoms with Crippen molar-refractivity contribution in [2.24, 2.45) is 0 Å². The first-order valence-corrected chi connectivity index (χ1v) is 20.0. The van der Waals surface area contributed by atoms with E-state index in [9.17, 15) is 22.6 Å². The maximum Gasteiger partial charge on any atom is 0.338 e. The van der Waals surface area contributed by atoms with Crippen molar-refractivity contribution in [3.05, 3.63) is 29.3 Å². The van der Waals surface area contributed by atoms with Gasteiger partial charge in [0.15, 0.2) is 0 Å². The maximum absolute atomic E-state index is 12.0.